The van der Waals surface area contributed by atoms with E-state index in [-0.39, 0.29) is 5.82 Å². The van der Waals surface area contributed by atoms with Crippen LogP contribution in [-0.2, 0) is 12.8 Å². The fraction of sp³-hybridized carbons (Fsp3) is 0.250. The van der Waals surface area contributed by atoms with Crippen LogP contribution in [-0.4, -0.2) is 9.78 Å². The zero-order chi connectivity index (χ0) is 11.1. The summed E-state index contributed by atoms with van der Waals surface area (Å²) in [6, 6.07) is 6.64. The molecule has 1 aromatic heterocycles. The average Bonchev–Trinajstić information content (AvgIpc) is 2.84. The molecule has 2 N–H and O–H groups in total. The summed E-state index contributed by atoms with van der Waals surface area (Å²) in [6.07, 6.45) is 2.95. The number of nitrogen functional groups attached to an aromatic ring is 1. The number of anilines is 1. The lowest BCUT2D eigenvalue weighted by Gasteiger charge is -2.05. The van der Waals surface area contributed by atoms with Gasteiger partial charge in [0, 0.05) is 11.3 Å². The van der Waals surface area contributed by atoms with Crippen molar-refractivity contribution in [2.75, 3.05) is 5.73 Å². The SMILES string of the molecule is Nc1nn(-c2ccccc2F)c2c1CCC2. The highest BCUT2D eigenvalue weighted by molar-refractivity contribution is 5.49. The fourth-order valence-electron chi connectivity index (χ4n) is 2.29. The summed E-state index contributed by atoms with van der Waals surface area (Å²) in [5, 5.41) is 4.22. The molecule has 0 unspecified atom stereocenters. The maximum atomic E-state index is 13.7. The molecule has 0 fully saturated rings. The van der Waals surface area contributed by atoms with Gasteiger partial charge in [-0.1, -0.05) is 12.1 Å². The topological polar surface area (TPSA) is 43.8 Å². The second-order valence-corrected chi connectivity index (χ2v) is 4.03. The third kappa shape index (κ3) is 1.23. The molecule has 4 heteroatoms. The number of benzene rings is 1. The highest BCUT2D eigenvalue weighted by atomic mass is 19.1. The van der Waals surface area contributed by atoms with Gasteiger partial charge >= 0.3 is 0 Å². The minimum Gasteiger partial charge on any atom is -0.382 e. The number of halogens is 1. The lowest BCUT2D eigenvalue weighted by molar-refractivity contribution is 0.607. The van der Waals surface area contributed by atoms with E-state index in [1.807, 2.05) is 0 Å². The highest BCUT2D eigenvalue weighted by Crippen LogP contribution is 2.29. The summed E-state index contributed by atoms with van der Waals surface area (Å²) in [6.45, 7) is 0. The minimum atomic E-state index is -0.264. The Balaban J connectivity index is 2.21. The Kier molecular flexibility index (Phi) is 1.96. The molecule has 2 aromatic rings. The Bertz CT molecular complexity index is 545. The molecule has 0 spiro atoms. The molecule has 1 heterocycles. The molecular weight excluding hydrogens is 205 g/mol. The average molecular weight is 217 g/mol. The van der Waals surface area contributed by atoms with Gasteiger partial charge in [-0.05, 0) is 31.4 Å². The lowest BCUT2D eigenvalue weighted by atomic mass is 10.2. The van der Waals surface area contributed by atoms with E-state index in [2.05, 4.69) is 5.10 Å². The highest BCUT2D eigenvalue weighted by Gasteiger charge is 2.22. The normalized spacial score (nSPS) is 14.1. The van der Waals surface area contributed by atoms with Gasteiger partial charge < -0.3 is 5.73 Å². The van der Waals surface area contributed by atoms with Gasteiger partial charge in [0.25, 0.3) is 0 Å². The van der Waals surface area contributed by atoms with Crippen molar-refractivity contribution in [2.24, 2.45) is 0 Å². The molecule has 1 aliphatic carbocycles. The van der Waals surface area contributed by atoms with Gasteiger partial charge in [-0.3, -0.25) is 0 Å². The largest absolute Gasteiger partial charge is 0.382 e. The van der Waals surface area contributed by atoms with Gasteiger partial charge in [-0.25, -0.2) is 9.07 Å². The third-order valence-corrected chi connectivity index (χ3v) is 3.04. The number of aromatic nitrogens is 2. The van der Waals surface area contributed by atoms with Crippen LogP contribution in [0.1, 0.15) is 17.7 Å². The number of fused-ring (bicyclic) bond motifs is 1. The Hall–Kier alpha value is -1.84. The van der Waals surface area contributed by atoms with Crippen molar-refractivity contribution in [2.45, 2.75) is 19.3 Å². The fourth-order valence-corrected chi connectivity index (χ4v) is 2.29. The van der Waals surface area contributed by atoms with Crippen molar-refractivity contribution in [3.8, 4) is 5.69 Å². The van der Waals surface area contributed by atoms with Crippen molar-refractivity contribution < 1.29 is 4.39 Å². The molecule has 3 rings (SSSR count). The van der Waals surface area contributed by atoms with Crippen LogP contribution in [0.4, 0.5) is 10.2 Å². The summed E-state index contributed by atoms with van der Waals surface area (Å²) in [5.74, 6) is 0.274. The minimum absolute atomic E-state index is 0.264. The summed E-state index contributed by atoms with van der Waals surface area (Å²) in [7, 11) is 0. The third-order valence-electron chi connectivity index (χ3n) is 3.04. The number of rotatable bonds is 1. The van der Waals surface area contributed by atoms with E-state index in [1.54, 1.807) is 22.9 Å². The second kappa shape index (κ2) is 3.33. The molecule has 0 saturated carbocycles. The van der Waals surface area contributed by atoms with Gasteiger partial charge in [0.1, 0.15) is 17.3 Å². The molecule has 0 radical (unpaired) electrons. The van der Waals surface area contributed by atoms with E-state index >= 15 is 0 Å². The molecule has 0 atom stereocenters. The predicted octanol–water partition coefficient (Wildman–Crippen LogP) is 2.08. The van der Waals surface area contributed by atoms with Crippen molar-refractivity contribution >= 4 is 5.82 Å². The van der Waals surface area contributed by atoms with E-state index in [0.717, 1.165) is 30.5 Å². The number of hydrogen-bond acceptors (Lipinski definition) is 2. The summed E-state index contributed by atoms with van der Waals surface area (Å²) >= 11 is 0. The molecule has 0 amide bonds. The van der Waals surface area contributed by atoms with Crippen LogP contribution in [0.15, 0.2) is 24.3 Å². The van der Waals surface area contributed by atoms with Crippen LogP contribution in [0, 0.1) is 5.82 Å². The van der Waals surface area contributed by atoms with Crippen LogP contribution < -0.4 is 5.73 Å². The summed E-state index contributed by atoms with van der Waals surface area (Å²) in [5.41, 5.74) is 8.45. The van der Waals surface area contributed by atoms with Crippen molar-refractivity contribution in [3.05, 3.63) is 41.3 Å². The van der Waals surface area contributed by atoms with Crippen molar-refractivity contribution in [1.29, 1.82) is 0 Å². The van der Waals surface area contributed by atoms with E-state index in [0.29, 0.717) is 11.5 Å². The first-order valence-corrected chi connectivity index (χ1v) is 5.38. The number of para-hydroxylation sites is 1. The standard InChI is InChI=1S/C12H12FN3/c13-9-5-1-2-6-11(9)16-10-7-3-4-8(10)12(14)15-16/h1-2,5-6H,3-4,7H2,(H2,14,15). The number of nitrogens with zero attached hydrogens (tertiary/aromatic N) is 2. The zero-order valence-electron chi connectivity index (χ0n) is 8.78. The monoisotopic (exact) mass is 217 g/mol. The molecule has 3 nitrogen and oxygen atoms in total. The van der Waals surface area contributed by atoms with E-state index in [4.69, 9.17) is 5.73 Å². The molecule has 0 saturated heterocycles. The second-order valence-electron chi connectivity index (χ2n) is 4.03. The first-order chi connectivity index (χ1) is 7.77. The van der Waals surface area contributed by atoms with E-state index in [9.17, 15) is 4.39 Å². The number of nitrogens with two attached hydrogens (primary N) is 1. The first kappa shape index (κ1) is 9.39. The molecule has 1 aromatic carbocycles. The lowest BCUT2D eigenvalue weighted by Crippen LogP contribution is -2.03. The van der Waals surface area contributed by atoms with E-state index < -0.39 is 0 Å². The smallest absolute Gasteiger partial charge is 0.149 e. The molecule has 1 aliphatic rings. The van der Waals surface area contributed by atoms with Crippen LogP contribution in [0.25, 0.3) is 5.69 Å². The Morgan fingerprint density at radius 1 is 1.25 bits per heavy atom. The maximum Gasteiger partial charge on any atom is 0.149 e. The number of hydrogen-bond donors (Lipinski definition) is 1. The first-order valence-electron chi connectivity index (χ1n) is 5.38. The summed E-state index contributed by atoms with van der Waals surface area (Å²) in [4.78, 5) is 0. The molecule has 0 aliphatic heterocycles. The Labute approximate surface area is 92.7 Å². The van der Waals surface area contributed by atoms with Gasteiger partial charge in [-0.15, -0.1) is 0 Å². The molecule has 82 valence electrons. The Morgan fingerprint density at radius 2 is 2.06 bits per heavy atom. The van der Waals surface area contributed by atoms with Gasteiger partial charge in [0.15, 0.2) is 0 Å². The predicted molar refractivity (Wildman–Crippen MR) is 60.0 cm³/mol. The van der Waals surface area contributed by atoms with Gasteiger partial charge in [-0.2, -0.15) is 5.10 Å². The van der Waals surface area contributed by atoms with Crippen LogP contribution in [0.3, 0.4) is 0 Å². The van der Waals surface area contributed by atoms with Crippen molar-refractivity contribution in [1.82, 2.24) is 9.78 Å². The molecular formula is C12H12FN3. The van der Waals surface area contributed by atoms with E-state index in [1.165, 1.54) is 6.07 Å². The van der Waals surface area contributed by atoms with Gasteiger partial charge in [0.05, 0.1) is 0 Å². The quantitative estimate of drug-likeness (QED) is 0.794. The van der Waals surface area contributed by atoms with Gasteiger partial charge in [0.2, 0.25) is 0 Å². The van der Waals surface area contributed by atoms with Crippen LogP contribution >= 0.6 is 0 Å². The molecule has 16 heavy (non-hydrogen) atoms. The van der Waals surface area contributed by atoms with Crippen LogP contribution in [0.2, 0.25) is 0 Å². The molecule has 0 bridgehead atoms. The zero-order valence-corrected chi connectivity index (χ0v) is 8.78. The van der Waals surface area contributed by atoms with Crippen molar-refractivity contribution in [3.63, 3.8) is 0 Å². The Morgan fingerprint density at radius 3 is 2.88 bits per heavy atom. The maximum absolute atomic E-state index is 13.7. The summed E-state index contributed by atoms with van der Waals surface area (Å²) < 4.78 is 15.3. The van der Waals surface area contributed by atoms with Crippen LogP contribution in [0.5, 0.6) is 0 Å².